The van der Waals surface area contributed by atoms with Crippen molar-refractivity contribution in [3.05, 3.63) is 59.1 Å². The summed E-state index contributed by atoms with van der Waals surface area (Å²) in [5, 5.41) is 0.487. The quantitative estimate of drug-likeness (QED) is 0.356. The number of amides is 3. The van der Waals surface area contributed by atoms with Crippen molar-refractivity contribution in [1.82, 2.24) is 4.90 Å². The van der Waals surface area contributed by atoms with E-state index < -0.39 is 23.8 Å². The SMILES string of the molecule is CC(=O)Oc1ccc(N2C(=O)CC(N(Cc3ccccc3Cl)C(=O)CC(C)(C)C)C2=O)cc1. The van der Waals surface area contributed by atoms with E-state index in [0.717, 1.165) is 4.90 Å². The molecule has 7 nitrogen and oxygen atoms in total. The molecule has 1 heterocycles. The van der Waals surface area contributed by atoms with Crippen LogP contribution in [0.5, 0.6) is 5.75 Å². The number of anilines is 1. The molecule has 0 spiro atoms. The molecule has 2 aromatic carbocycles. The van der Waals surface area contributed by atoms with E-state index in [-0.39, 0.29) is 30.7 Å². The third-order valence-electron chi connectivity index (χ3n) is 5.16. The number of ether oxygens (including phenoxy) is 1. The number of halogens is 1. The van der Waals surface area contributed by atoms with Crippen LogP contribution < -0.4 is 9.64 Å². The van der Waals surface area contributed by atoms with Crippen molar-refractivity contribution < 1.29 is 23.9 Å². The number of rotatable bonds is 6. The zero-order valence-electron chi connectivity index (χ0n) is 19.1. The molecule has 1 aliphatic rings. The number of esters is 1. The lowest BCUT2D eigenvalue weighted by Gasteiger charge is -2.30. The fourth-order valence-electron chi connectivity index (χ4n) is 3.70. The minimum atomic E-state index is -0.934. The van der Waals surface area contributed by atoms with E-state index >= 15 is 0 Å². The number of imide groups is 1. The number of carbonyl (C=O) groups is 4. The van der Waals surface area contributed by atoms with Crippen molar-refractivity contribution in [2.24, 2.45) is 5.41 Å². The second-order valence-corrected chi connectivity index (χ2v) is 9.63. The second-order valence-electron chi connectivity index (χ2n) is 9.23. The molecule has 174 valence electrons. The van der Waals surface area contributed by atoms with Crippen LogP contribution >= 0.6 is 11.6 Å². The standard InChI is InChI=1S/C25H27ClN2O5/c1-16(29)33-19-11-9-18(10-12-19)28-22(30)13-21(24(28)32)27(23(31)14-25(2,3)4)15-17-7-5-6-8-20(17)26/h5-12,21H,13-15H2,1-4H3. The largest absolute Gasteiger partial charge is 0.427 e. The maximum Gasteiger partial charge on any atom is 0.308 e. The monoisotopic (exact) mass is 470 g/mol. The van der Waals surface area contributed by atoms with Gasteiger partial charge in [-0.3, -0.25) is 19.2 Å². The van der Waals surface area contributed by atoms with Gasteiger partial charge in [0.15, 0.2) is 0 Å². The Bertz CT molecular complexity index is 1070. The third kappa shape index (κ3) is 5.99. The van der Waals surface area contributed by atoms with Crippen molar-refractivity contribution in [3.63, 3.8) is 0 Å². The molecule has 3 rings (SSSR count). The first-order valence-electron chi connectivity index (χ1n) is 10.6. The summed E-state index contributed by atoms with van der Waals surface area (Å²) in [4.78, 5) is 53.1. The van der Waals surface area contributed by atoms with Crippen molar-refractivity contribution in [2.45, 2.75) is 53.1 Å². The van der Waals surface area contributed by atoms with Gasteiger partial charge in [-0.25, -0.2) is 4.90 Å². The molecule has 0 aromatic heterocycles. The Morgan fingerprint density at radius 1 is 1.09 bits per heavy atom. The number of hydrogen-bond acceptors (Lipinski definition) is 5. The lowest BCUT2D eigenvalue weighted by Crippen LogP contribution is -2.46. The Morgan fingerprint density at radius 2 is 1.73 bits per heavy atom. The zero-order valence-corrected chi connectivity index (χ0v) is 19.9. The fraction of sp³-hybridized carbons (Fsp3) is 0.360. The summed E-state index contributed by atoms with van der Waals surface area (Å²) in [6, 6.07) is 12.3. The summed E-state index contributed by atoms with van der Waals surface area (Å²) in [6.07, 6.45) is 0.0946. The van der Waals surface area contributed by atoms with Gasteiger partial charge >= 0.3 is 5.97 Å². The highest BCUT2D eigenvalue weighted by molar-refractivity contribution is 6.31. The number of hydrogen-bond donors (Lipinski definition) is 0. The van der Waals surface area contributed by atoms with E-state index in [1.807, 2.05) is 26.8 Å². The molecule has 0 aliphatic carbocycles. The fourth-order valence-corrected chi connectivity index (χ4v) is 3.89. The molecule has 2 aromatic rings. The van der Waals surface area contributed by atoms with Crippen LogP contribution in [-0.2, 0) is 25.7 Å². The molecular formula is C25H27ClN2O5. The normalized spacial score (nSPS) is 16.2. The van der Waals surface area contributed by atoms with E-state index in [2.05, 4.69) is 0 Å². The van der Waals surface area contributed by atoms with Crippen LogP contribution in [0.2, 0.25) is 5.02 Å². The van der Waals surface area contributed by atoms with Gasteiger partial charge in [0, 0.05) is 24.9 Å². The molecule has 1 atom stereocenters. The van der Waals surface area contributed by atoms with Gasteiger partial charge in [-0.2, -0.15) is 0 Å². The van der Waals surface area contributed by atoms with Gasteiger partial charge in [-0.05, 0) is 41.3 Å². The summed E-state index contributed by atoms with van der Waals surface area (Å²) in [6.45, 7) is 7.23. The Labute approximate surface area is 198 Å². The topological polar surface area (TPSA) is 84.0 Å². The van der Waals surface area contributed by atoms with Crippen LogP contribution in [0.1, 0.15) is 46.1 Å². The first-order chi connectivity index (χ1) is 15.5. The summed E-state index contributed by atoms with van der Waals surface area (Å²) >= 11 is 6.32. The molecule has 1 fully saturated rings. The Hall–Kier alpha value is -3.19. The summed E-state index contributed by atoms with van der Waals surface area (Å²) in [5.74, 6) is -1.26. The molecule has 0 bridgehead atoms. The lowest BCUT2D eigenvalue weighted by molar-refractivity contribution is -0.140. The van der Waals surface area contributed by atoms with Crippen LogP contribution in [-0.4, -0.2) is 34.6 Å². The van der Waals surface area contributed by atoms with Gasteiger partial charge in [-0.15, -0.1) is 0 Å². The summed E-state index contributed by atoms with van der Waals surface area (Å²) < 4.78 is 5.01. The molecule has 3 amide bonds. The number of nitrogens with zero attached hydrogens (tertiary/aromatic N) is 2. The van der Waals surface area contributed by atoms with Gasteiger partial charge in [0.1, 0.15) is 11.8 Å². The smallest absolute Gasteiger partial charge is 0.308 e. The highest BCUT2D eigenvalue weighted by Crippen LogP contribution is 2.31. The molecule has 0 N–H and O–H groups in total. The van der Waals surface area contributed by atoms with E-state index in [9.17, 15) is 19.2 Å². The van der Waals surface area contributed by atoms with Crippen LogP contribution in [0.4, 0.5) is 5.69 Å². The van der Waals surface area contributed by atoms with E-state index in [0.29, 0.717) is 22.0 Å². The average Bonchev–Trinajstić information content (AvgIpc) is 3.00. The summed E-state index contributed by atoms with van der Waals surface area (Å²) in [5.41, 5.74) is 0.753. The maximum atomic E-state index is 13.4. The number of carbonyl (C=O) groups excluding carboxylic acids is 4. The Morgan fingerprint density at radius 3 is 2.30 bits per heavy atom. The highest BCUT2D eigenvalue weighted by atomic mass is 35.5. The van der Waals surface area contributed by atoms with Crippen molar-refractivity contribution in [2.75, 3.05) is 4.90 Å². The zero-order chi connectivity index (χ0) is 24.3. The average molecular weight is 471 g/mol. The molecule has 0 saturated carbocycles. The molecule has 1 saturated heterocycles. The molecule has 1 unspecified atom stereocenters. The second kappa shape index (κ2) is 9.75. The molecule has 33 heavy (non-hydrogen) atoms. The van der Waals surface area contributed by atoms with E-state index in [1.165, 1.54) is 36.1 Å². The predicted octanol–water partition coefficient (Wildman–Crippen LogP) is 4.36. The maximum absolute atomic E-state index is 13.4. The van der Waals surface area contributed by atoms with Crippen LogP contribution in [0.3, 0.4) is 0 Å². The Balaban J connectivity index is 1.89. The van der Waals surface area contributed by atoms with Crippen molar-refractivity contribution in [1.29, 1.82) is 0 Å². The summed E-state index contributed by atoms with van der Waals surface area (Å²) in [7, 11) is 0. The van der Waals surface area contributed by atoms with Crippen molar-refractivity contribution >= 4 is 41.0 Å². The van der Waals surface area contributed by atoms with Crippen LogP contribution in [0.15, 0.2) is 48.5 Å². The van der Waals surface area contributed by atoms with Gasteiger partial charge < -0.3 is 9.64 Å². The highest BCUT2D eigenvalue weighted by Gasteiger charge is 2.44. The van der Waals surface area contributed by atoms with E-state index in [1.54, 1.807) is 18.2 Å². The number of benzene rings is 2. The molecule has 8 heteroatoms. The molecule has 0 radical (unpaired) electrons. The van der Waals surface area contributed by atoms with Crippen molar-refractivity contribution in [3.8, 4) is 5.75 Å². The van der Waals surface area contributed by atoms with Gasteiger partial charge in [0.25, 0.3) is 5.91 Å². The van der Waals surface area contributed by atoms with Gasteiger partial charge in [-0.1, -0.05) is 50.6 Å². The van der Waals surface area contributed by atoms with Gasteiger partial charge in [0.05, 0.1) is 12.1 Å². The van der Waals surface area contributed by atoms with Gasteiger partial charge in [0.2, 0.25) is 11.8 Å². The first-order valence-corrected chi connectivity index (χ1v) is 11.0. The van der Waals surface area contributed by atoms with E-state index in [4.69, 9.17) is 16.3 Å². The lowest BCUT2D eigenvalue weighted by atomic mass is 9.91. The first kappa shape index (κ1) is 24.5. The third-order valence-corrected chi connectivity index (χ3v) is 5.52. The minimum Gasteiger partial charge on any atom is -0.427 e. The van der Waals surface area contributed by atoms with Crippen LogP contribution in [0, 0.1) is 5.41 Å². The minimum absolute atomic E-state index is 0.120. The molecular weight excluding hydrogens is 444 g/mol. The molecule has 1 aliphatic heterocycles. The predicted molar refractivity (Wildman–Crippen MR) is 125 cm³/mol. The Kier molecular flexibility index (Phi) is 7.22. The van der Waals surface area contributed by atoms with Crippen LogP contribution in [0.25, 0.3) is 0 Å².